The summed E-state index contributed by atoms with van der Waals surface area (Å²) in [6.07, 6.45) is 0.150. The Labute approximate surface area is 155 Å². The summed E-state index contributed by atoms with van der Waals surface area (Å²) in [5.41, 5.74) is 0.625. The summed E-state index contributed by atoms with van der Waals surface area (Å²) in [6, 6.07) is 10.0. The third-order valence-corrected chi connectivity index (χ3v) is 4.75. The van der Waals surface area contributed by atoms with Crippen molar-refractivity contribution in [1.29, 1.82) is 0 Å². The van der Waals surface area contributed by atoms with Gasteiger partial charge in [-0.05, 0) is 30.5 Å². The Morgan fingerprint density at radius 3 is 2.85 bits per heavy atom. The maximum atomic E-state index is 13.5. The minimum Gasteiger partial charge on any atom is -0.489 e. The lowest BCUT2D eigenvalue weighted by molar-refractivity contribution is -0.129. The summed E-state index contributed by atoms with van der Waals surface area (Å²) < 4.78 is 24.5. The molecule has 0 aliphatic heterocycles. The Morgan fingerprint density at radius 2 is 2.12 bits per heavy atom. The molecule has 0 spiro atoms. The number of nitrogens with zero attached hydrogens (tertiary/aromatic N) is 2. The first kappa shape index (κ1) is 18.1. The van der Waals surface area contributed by atoms with Gasteiger partial charge in [0.05, 0.1) is 23.5 Å². The van der Waals surface area contributed by atoms with Gasteiger partial charge in [-0.25, -0.2) is 9.37 Å². The van der Waals surface area contributed by atoms with Crippen molar-refractivity contribution in [3.63, 3.8) is 0 Å². The van der Waals surface area contributed by atoms with Crippen molar-refractivity contribution >= 4 is 17.2 Å². The Balaban J connectivity index is 1.54. The Morgan fingerprint density at radius 1 is 1.31 bits per heavy atom. The van der Waals surface area contributed by atoms with Gasteiger partial charge in [0.25, 0.3) is 0 Å². The van der Waals surface area contributed by atoms with E-state index >= 15 is 0 Å². The third kappa shape index (κ3) is 4.29. The highest BCUT2D eigenvalue weighted by Crippen LogP contribution is 2.26. The van der Waals surface area contributed by atoms with Crippen molar-refractivity contribution in [1.82, 2.24) is 9.88 Å². The lowest BCUT2D eigenvalue weighted by Gasteiger charge is -2.17. The van der Waals surface area contributed by atoms with Gasteiger partial charge in [-0.2, -0.15) is 0 Å². The van der Waals surface area contributed by atoms with Crippen molar-refractivity contribution in [2.24, 2.45) is 0 Å². The SMILES string of the molecule is Cc1oc(-c2cccs2)nc1CC(=O)N(C)CCOc1ccccc1F. The summed E-state index contributed by atoms with van der Waals surface area (Å²) in [5.74, 6) is 0.835. The van der Waals surface area contributed by atoms with Crippen LogP contribution in [0.4, 0.5) is 4.39 Å². The number of thiophene rings is 1. The molecule has 1 aromatic carbocycles. The van der Waals surface area contributed by atoms with Gasteiger partial charge in [0.15, 0.2) is 11.6 Å². The molecule has 2 heterocycles. The molecule has 7 heteroatoms. The summed E-state index contributed by atoms with van der Waals surface area (Å²) in [5, 5.41) is 1.95. The van der Waals surface area contributed by atoms with Gasteiger partial charge >= 0.3 is 0 Å². The second-order valence-corrected chi connectivity index (χ2v) is 6.72. The predicted octanol–water partition coefficient (Wildman–Crippen LogP) is 3.93. The first-order valence-corrected chi connectivity index (χ1v) is 9.04. The molecular weight excluding hydrogens is 355 g/mol. The minimum absolute atomic E-state index is 0.101. The number of aryl methyl sites for hydroxylation is 1. The number of ether oxygens (including phenoxy) is 1. The maximum Gasteiger partial charge on any atom is 0.236 e. The molecule has 0 atom stereocenters. The van der Waals surface area contributed by atoms with E-state index in [4.69, 9.17) is 9.15 Å². The number of likely N-dealkylation sites (N-methyl/N-ethyl adjacent to an activating group) is 1. The number of para-hydroxylation sites is 1. The Bertz CT molecular complexity index is 877. The molecule has 0 saturated heterocycles. The lowest BCUT2D eigenvalue weighted by atomic mass is 10.2. The number of benzene rings is 1. The van der Waals surface area contributed by atoms with Crippen LogP contribution in [0.5, 0.6) is 5.75 Å². The highest BCUT2D eigenvalue weighted by atomic mass is 32.1. The zero-order valence-electron chi connectivity index (χ0n) is 14.6. The van der Waals surface area contributed by atoms with E-state index in [1.165, 1.54) is 17.4 Å². The van der Waals surface area contributed by atoms with Crippen molar-refractivity contribution in [2.75, 3.05) is 20.2 Å². The summed E-state index contributed by atoms with van der Waals surface area (Å²) in [4.78, 5) is 19.3. The van der Waals surface area contributed by atoms with E-state index in [2.05, 4.69) is 4.98 Å². The summed E-state index contributed by atoms with van der Waals surface area (Å²) in [7, 11) is 1.68. The highest BCUT2D eigenvalue weighted by Gasteiger charge is 2.17. The van der Waals surface area contributed by atoms with E-state index < -0.39 is 5.82 Å². The molecule has 1 amide bonds. The van der Waals surface area contributed by atoms with Crippen LogP contribution in [0.3, 0.4) is 0 Å². The van der Waals surface area contributed by atoms with Crippen molar-refractivity contribution in [3.05, 3.63) is 59.0 Å². The molecule has 0 radical (unpaired) electrons. The lowest BCUT2D eigenvalue weighted by Crippen LogP contribution is -2.32. The molecule has 3 rings (SSSR count). The molecule has 0 bridgehead atoms. The largest absolute Gasteiger partial charge is 0.489 e. The monoisotopic (exact) mass is 374 g/mol. The molecule has 26 heavy (non-hydrogen) atoms. The molecule has 0 aliphatic carbocycles. The maximum absolute atomic E-state index is 13.5. The van der Waals surface area contributed by atoms with E-state index in [0.29, 0.717) is 23.9 Å². The average Bonchev–Trinajstić information content (AvgIpc) is 3.27. The second kappa shape index (κ2) is 8.14. The van der Waals surface area contributed by atoms with E-state index in [1.54, 1.807) is 37.1 Å². The van der Waals surface area contributed by atoms with Crippen LogP contribution in [-0.2, 0) is 11.2 Å². The molecule has 0 fully saturated rings. The van der Waals surface area contributed by atoms with Crippen LogP contribution in [0.2, 0.25) is 0 Å². The fourth-order valence-electron chi connectivity index (χ4n) is 2.35. The third-order valence-electron chi connectivity index (χ3n) is 3.89. The molecule has 0 saturated carbocycles. The van der Waals surface area contributed by atoms with E-state index in [9.17, 15) is 9.18 Å². The van der Waals surface area contributed by atoms with Crippen molar-refractivity contribution in [3.8, 4) is 16.5 Å². The van der Waals surface area contributed by atoms with E-state index in [1.807, 2.05) is 17.5 Å². The van der Waals surface area contributed by atoms with Gasteiger partial charge in [0.2, 0.25) is 11.8 Å². The number of hydrogen-bond donors (Lipinski definition) is 0. The van der Waals surface area contributed by atoms with Crippen LogP contribution in [0, 0.1) is 12.7 Å². The molecule has 0 aliphatic rings. The summed E-state index contributed by atoms with van der Waals surface area (Å²) >= 11 is 1.53. The van der Waals surface area contributed by atoms with Gasteiger partial charge in [-0.1, -0.05) is 18.2 Å². The molecule has 3 aromatic rings. The first-order valence-electron chi connectivity index (χ1n) is 8.16. The minimum atomic E-state index is -0.416. The molecule has 136 valence electrons. The zero-order valence-corrected chi connectivity index (χ0v) is 15.4. The number of aromatic nitrogens is 1. The smallest absolute Gasteiger partial charge is 0.236 e. The van der Waals surface area contributed by atoms with Gasteiger partial charge in [0.1, 0.15) is 12.4 Å². The summed E-state index contributed by atoms with van der Waals surface area (Å²) in [6.45, 7) is 2.36. The molecule has 0 unspecified atom stereocenters. The van der Waals surface area contributed by atoms with Crippen LogP contribution < -0.4 is 4.74 Å². The quantitative estimate of drug-likeness (QED) is 0.629. The number of carbonyl (C=O) groups excluding carboxylic acids is 1. The normalized spacial score (nSPS) is 10.7. The number of carbonyl (C=O) groups is 1. The molecular formula is C19H19FN2O3S. The highest BCUT2D eigenvalue weighted by molar-refractivity contribution is 7.13. The van der Waals surface area contributed by atoms with Crippen LogP contribution in [0.1, 0.15) is 11.5 Å². The Hall–Kier alpha value is -2.67. The zero-order chi connectivity index (χ0) is 18.5. The van der Waals surface area contributed by atoms with Gasteiger partial charge in [0, 0.05) is 7.05 Å². The van der Waals surface area contributed by atoms with Crippen LogP contribution in [-0.4, -0.2) is 36.0 Å². The fourth-order valence-corrected chi connectivity index (χ4v) is 3.00. The number of amides is 1. The molecule has 5 nitrogen and oxygen atoms in total. The van der Waals surface area contributed by atoms with Gasteiger partial charge < -0.3 is 14.1 Å². The average molecular weight is 374 g/mol. The molecule has 2 aromatic heterocycles. The van der Waals surface area contributed by atoms with E-state index in [-0.39, 0.29) is 24.7 Å². The van der Waals surface area contributed by atoms with Gasteiger partial charge in [-0.3, -0.25) is 4.79 Å². The topological polar surface area (TPSA) is 55.6 Å². The molecule has 0 N–H and O–H groups in total. The standard InChI is InChI=1S/C19H19FN2O3S/c1-13-15(21-19(25-13)17-8-5-11-26-17)12-18(23)22(2)9-10-24-16-7-4-3-6-14(16)20/h3-8,11H,9-10,12H2,1-2H3. The number of hydrogen-bond acceptors (Lipinski definition) is 5. The van der Waals surface area contributed by atoms with Crippen LogP contribution in [0.25, 0.3) is 10.8 Å². The fraction of sp³-hybridized carbons (Fsp3) is 0.263. The van der Waals surface area contributed by atoms with Crippen molar-refractivity contribution in [2.45, 2.75) is 13.3 Å². The first-order chi connectivity index (χ1) is 12.5. The van der Waals surface area contributed by atoms with Crippen molar-refractivity contribution < 1.29 is 18.3 Å². The second-order valence-electron chi connectivity index (χ2n) is 5.77. The predicted molar refractivity (Wildman–Crippen MR) is 97.8 cm³/mol. The van der Waals surface area contributed by atoms with Crippen LogP contribution in [0.15, 0.2) is 46.2 Å². The number of oxazole rings is 1. The number of rotatable bonds is 7. The van der Waals surface area contributed by atoms with Crippen LogP contribution >= 0.6 is 11.3 Å². The van der Waals surface area contributed by atoms with E-state index in [0.717, 1.165) is 4.88 Å². The van der Waals surface area contributed by atoms with Gasteiger partial charge in [-0.15, -0.1) is 11.3 Å². The number of halogens is 1. The Kier molecular flexibility index (Phi) is 5.68.